The molecule has 8 fully saturated rings. The van der Waals surface area contributed by atoms with Crippen LogP contribution in [0.5, 0.6) is 0 Å². The van der Waals surface area contributed by atoms with Crippen molar-refractivity contribution in [3.8, 4) is 6.07 Å². The highest BCUT2D eigenvalue weighted by atomic mass is 19.3. The fourth-order valence-electron chi connectivity index (χ4n) is 9.09. The summed E-state index contributed by atoms with van der Waals surface area (Å²) in [6, 6.07) is 0.670. The van der Waals surface area contributed by atoms with Crippen molar-refractivity contribution >= 4 is 23.8 Å². The predicted molar refractivity (Wildman–Crippen MR) is 170 cm³/mol. The first-order valence-corrected chi connectivity index (χ1v) is 17.9. The van der Waals surface area contributed by atoms with E-state index in [0.29, 0.717) is 77.0 Å². The lowest BCUT2D eigenvalue weighted by Gasteiger charge is -2.52. The van der Waals surface area contributed by atoms with E-state index in [2.05, 4.69) is 10.6 Å². The van der Waals surface area contributed by atoms with Crippen molar-refractivity contribution in [2.45, 2.75) is 119 Å². The van der Waals surface area contributed by atoms with Crippen molar-refractivity contribution in [3.05, 3.63) is 12.2 Å². The normalized spacial score (nSPS) is 35.3. The second kappa shape index (κ2) is 13.7. The number of ether oxygens (including phenoxy) is 2. The number of esters is 2. The summed E-state index contributed by atoms with van der Waals surface area (Å²) >= 11 is 0. The summed E-state index contributed by atoms with van der Waals surface area (Å²) in [5.41, 5.74) is -1.78. The number of nitrogens with one attached hydrogen (secondary N) is 2. The molecule has 11 nitrogen and oxygen atoms in total. The van der Waals surface area contributed by atoms with Gasteiger partial charge in [-0.15, -0.1) is 0 Å². The lowest BCUT2D eigenvalue weighted by molar-refractivity contribution is -0.163. The van der Waals surface area contributed by atoms with Gasteiger partial charge in [0.1, 0.15) is 19.3 Å². The quantitative estimate of drug-likeness (QED) is 0.177. The van der Waals surface area contributed by atoms with Crippen LogP contribution in [-0.4, -0.2) is 108 Å². The minimum absolute atomic E-state index is 0.0158. The summed E-state index contributed by atoms with van der Waals surface area (Å²) in [5, 5.41) is 15.8. The molecule has 0 radical (unpaired) electrons. The van der Waals surface area contributed by atoms with Crippen LogP contribution in [0, 0.1) is 22.2 Å². The number of amides is 2. The van der Waals surface area contributed by atoms with Gasteiger partial charge in [0.2, 0.25) is 11.8 Å². The van der Waals surface area contributed by atoms with E-state index in [4.69, 9.17) is 9.47 Å². The third-order valence-corrected chi connectivity index (χ3v) is 12.6. The van der Waals surface area contributed by atoms with Gasteiger partial charge in [0.05, 0.1) is 43.1 Å². The van der Waals surface area contributed by atoms with Gasteiger partial charge in [-0.25, -0.2) is 17.6 Å². The van der Waals surface area contributed by atoms with E-state index in [1.807, 2.05) is 0 Å². The van der Waals surface area contributed by atoms with E-state index in [9.17, 15) is 42.0 Å². The third-order valence-electron chi connectivity index (χ3n) is 12.6. The first kappa shape index (κ1) is 36.5. The van der Waals surface area contributed by atoms with Crippen LogP contribution in [0.1, 0.15) is 89.9 Å². The van der Waals surface area contributed by atoms with Crippen LogP contribution < -0.4 is 10.6 Å². The Morgan fingerprint density at radius 1 is 0.680 bits per heavy atom. The van der Waals surface area contributed by atoms with Gasteiger partial charge in [-0.1, -0.05) is 0 Å². The lowest BCUT2D eigenvalue weighted by Crippen LogP contribution is -2.59. The molecule has 2 N–H and O–H groups in total. The number of carbonyl (C=O) groups is 4. The molecule has 1 unspecified atom stereocenters. The molecule has 2 saturated heterocycles. The van der Waals surface area contributed by atoms with Crippen LogP contribution in [0.4, 0.5) is 17.6 Å². The Balaban J connectivity index is 0.866. The van der Waals surface area contributed by atoms with E-state index in [0.717, 1.165) is 4.90 Å². The number of hydrogen-bond acceptors (Lipinski definition) is 9. The van der Waals surface area contributed by atoms with Crippen LogP contribution in [0.2, 0.25) is 0 Å². The SMILES string of the molecule is N#CC1CC(F)(F)CN1C(=O)CNC12CCC(C(=O)OC/C=C/COC(=O)C34CCC(NCC(=O)N5CCC(F)(F)C5)(CC3)CC4)(CC1)CC2. The van der Waals surface area contributed by atoms with E-state index >= 15 is 0 Å². The molecule has 8 rings (SSSR count). The van der Waals surface area contributed by atoms with Crippen molar-refractivity contribution < 1.29 is 46.2 Å². The Kier molecular flexibility index (Phi) is 10.0. The van der Waals surface area contributed by atoms with Crippen molar-refractivity contribution in [2.24, 2.45) is 10.8 Å². The van der Waals surface area contributed by atoms with Gasteiger partial charge in [0.15, 0.2) is 0 Å². The van der Waals surface area contributed by atoms with Gasteiger partial charge in [-0.05, 0) is 89.2 Å². The number of nitriles is 1. The highest BCUT2D eigenvalue weighted by molar-refractivity contribution is 5.80. The van der Waals surface area contributed by atoms with E-state index in [-0.39, 0.29) is 68.2 Å². The van der Waals surface area contributed by atoms with Crippen molar-refractivity contribution in [2.75, 3.05) is 45.9 Å². The Hall–Kier alpha value is -3.25. The molecule has 0 aromatic rings. The number of alkyl halides is 4. The summed E-state index contributed by atoms with van der Waals surface area (Å²) in [7, 11) is 0. The molecule has 6 saturated carbocycles. The van der Waals surface area contributed by atoms with Crippen LogP contribution in [-0.2, 0) is 28.7 Å². The van der Waals surface area contributed by atoms with Crippen LogP contribution in [0.15, 0.2) is 12.2 Å². The average Bonchev–Trinajstić information content (AvgIpc) is 3.66. The second-order valence-electron chi connectivity index (χ2n) is 15.6. The van der Waals surface area contributed by atoms with Gasteiger partial charge < -0.3 is 29.9 Å². The maximum absolute atomic E-state index is 13.8. The molecule has 8 aliphatic rings. The molecule has 4 bridgehead atoms. The molecule has 1 atom stereocenters. The van der Waals surface area contributed by atoms with Gasteiger partial charge in [0.25, 0.3) is 11.8 Å². The van der Waals surface area contributed by atoms with Gasteiger partial charge in [-0.2, -0.15) is 5.26 Å². The summed E-state index contributed by atoms with van der Waals surface area (Å²) in [4.78, 5) is 53.5. The number of likely N-dealkylation sites (tertiary alicyclic amines) is 2. The molecule has 2 heterocycles. The molecule has 0 aromatic carbocycles. The molecule has 2 aliphatic heterocycles. The number of fused-ring (bicyclic) bond motifs is 6. The van der Waals surface area contributed by atoms with Crippen molar-refractivity contribution in [1.82, 2.24) is 20.4 Å². The maximum atomic E-state index is 13.8. The summed E-state index contributed by atoms with van der Waals surface area (Å²) in [5.74, 6) is -7.25. The molecule has 6 aliphatic carbocycles. The summed E-state index contributed by atoms with van der Waals surface area (Å²) in [6.07, 6.45) is 10.1. The zero-order chi connectivity index (χ0) is 35.8. The fourth-order valence-corrected chi connectivity index (χ4v) is 9.09. The minimum Gasteiger partial charge on any atom is -0.461 e. The highest BCUT2D eigenvalue weighted by Gasteiger charge is 2.55. The standard InChI is InChI=1S/C35H47F4N5O6/c36-34(37)15-16-43(23-34)26(45)21-41-32-9-3-30(4-10-32,5-11-32)28(47)49-17-1-2-18-50-29(48)31-6-12-33(13-7-31,14-8-31)42-22-27(46)44-24-35(38,39)19-25(44)20-40/h1-2,25,41-42H,3-19,21-24H2/b2-1+. The molecular weight excluding hydrogens is 662 g/mol. The van der Waals surface area contributed by atoms with Crippen molar-refractivity contribution in [3.63, 3.8) is 0 Å². The van der Waals surface area contributed by atoms with Crippen molar-refractivity contribution in [1.29, 1.82) is 5.26 Å². The number of hydrogen-bond donors (Lipinski definition) is 2. The number of halogens is 4. The Bertz CT molecular complexity index is 1380. The molecule has 15 heteroatoms. The van der Waals surface area contributed by atoms with E-state index in [1.165, 1.54) is 4.90 Å². The lowest BCUT2D eigenvalue weighted by atomic mass is 9.57. The van der Waals surface area contributed by atoms with E-state index in [1.54, 1.807) is 18.2 Å². The number of nitrogens with zero attached hydrogens (tertiary/aromatic N) is 3. The zero-order valence-corrected chi connectivity index (χ0v) is 28.4. The molecule has 0 spiro atoms. The molecular formula is C35H47F4N5O6. The molecule has 50 heavy (non-hydrogen) atoms. The van der Waals surface area contributed by atoms with Crippen LogP contribution >= 0.6 is 0 Å². The van der Waals surface area contributed by atoms with Crippen LogP contribution in [0.25, 0.3) is 0 Å². The largest absolute Gasteiger partial charge is 0.461 e. The molecule has 2 amide bonds. The number of carbonyl (C=O) groups excluding carboxylic acids is 4. The van der Waals surface area contributed by atoms with Gasteiger partial charge in [0, 0.05) is 30.5 Å². The first-order chi connectivity index (χ1) is 23.6. The smallest absolute Gasteiger partial charge is 0.312 e. The molecule has 0 aromatic heterocycles. The van der Waals surface area contributed by atoms with Gasteiger partial charge >= 0.3 is 11.9 Å². The Morgan fingerprint density at radius 2 is 1.14 bits per heavy atom. The fraction of sp³-hybridized carbons (Fsp3) is 0.800. The second-order valence-corrected chi connectivity index (χ2v) is 15.6. The summed E-state index contributed by atoms with van der Waals surface area (Å²) < 4.78 is 65.7. The monoisotopic (exact) mass is 709 g/mol. The number of rotatable bonds is 12. The molecule has 276 valence electrons. The average molecular weight is 710 g/mol. The van der Waals surface area contributed by atoms with Gasteiger partial charge in [-0.3, -0.25) is 19.2 Å². The minimum atomic E-state index is -3.06. The predicted octanol–water partition coefficient (Wildman–Crippen LogP) is 3.62. The Morgan fingerprint density at radius 3 is 1.56 bits per heavy atom. The topological polar surface area (TPSA) is 141 Å². The zero-order valence-electron chi connectivity index (χ0n) is 28.4. The summed E-state index contributed by atoms with van der Waals surface area (Å²) in [6.45, 7) is -1.22. The first-order valence-electron chi connectivity index (χ1n) is 17.9. The van der Waals surface area contributed by atoms with Crippen LogP contribution in [0.3, 0.4) is 0 Å². The highest BCUT2D eigenvalue weighted by Crippen LogP contribution is 2.54. The third kappa shape index (κ3) is 7.52. The van der Waals surface area contributed by atoms with E-state index < -0.39 is 54.1 Å². The Labute approximate surface area is 289 Å². The maximum Gasteiger partial charge on any atom is 0.312 e.